The number of nitrogens with zero attached hydrogens (tertiary/aromatic N) is 2. The highest BCUT2D eigenvalue weighted by atomic mass is 79.9. The van der Waals surface area contributed by atoms with E-state index in [0.717, 1.165) is 15.8 Å². The summed E-state index contributed by atoms with van der Waals surface area (Å²) in [6.07, 6.45) is 1.56. The van der Waals surface area contributed by atoms with Crippen molar-refractivity contribution in [1.82, 2.24) is 0 Å². The summed E-state index contributed by atoms with van der Waals surface area (Å²) >= 11 is 3.38. The number of hydrogen-bond acceptors (Lipinski definition) is 5. The van der Waals surface area contributed by atoms with E-state index in [9.17, 15) is 10.1 Å². The number of nitro groups is 1. The summed E-state index contributed by atoms with van der Waals surface area (Å²) in [6, 6.07) is 11.7. The van der Waals surface area contributed by atoms with E-state index in [2.05, 4.69) is 21.1 Å². The third-order valence-corrected chi connectivity index (χ3v) is 3.42. The topological polar surface area (TPSA) is 74.0 Å². The fourth-order valence-corrected chi connectivity index (χ4v) is 2.29. The van der Waals surface area contributed by atoms with Gasteiger partial charge in [0.2, 0.25) is 0 Å². The summed E-state index contributed by atoms with van der Waals surface area (Å²) in [5.41, 5.74) is 1.55. The molecule has 6 nitrogen and oxygen atoms in total. The van der Waals surface area contributed by atoms with E-state index >= 15 is 0 Å². The van der Waals surface area contributed by atoms with Crippen molar-refractivity contribution in [3.63, 3.8) is 0 Å². The summed E-state index contributed by atoms with van der Waals surface area (Å²) in [5.74, 6) is 0.731. The number of halogens is 1. The quantitative estimate of drug-likeness (QED) is 0.442. The smallest absolute Gasteiger partial charge is 0.269 e. The first-order chi connectivity index (χ1) is 10.6. The molecule has 0 amide bonds. The van der Waals surface area contributed by atoms with Gasteiger partial charge in [-0.1, -0.05) is 17.3 Å². The Kier molecular flexibility index (Phi) is 5.48. The van der Waals surface area contributed by atoms with Crippen molar-refractivity contribution >= 4 is 27.8 Å². The molecule has 0 atom stereocenters. The number of methoxy groups -OCH3 is 1. The molecule has 0 spiro atoms. The van der Waals surface area contributed by atoms with Gasteiger partial charge in [-0.25, -0.2) is 0 Å². The molecule has 0 saturated heterocycles. The Morgan fingerprint density at radius 3 is 2.82 bits per heavy atom. The third kappa shape index (κ3) is 4.29. The van der Waals surface area contributed by atoms with Crippen molar-refractivity contribution in [2.45, 2.75) is 6.61 Å². The second kappa shape index (κ2) is 7.56. The molecular formula is C15H13BrN2O4. The summed E-state index contributed by atoms with van der Waals surface area (Å²) < 4.78 is 5.95. The lowest BCUT2D eigenvalue weighted by Crippen LogP contribution is -1.92. The van der Waals surface area contributed by atoms with Crippen LogP contribution in [-0.4, -0.2) is 18.2 Å². The van der Waals surface area contributed by atoms with Gasteiger partial charge in [-0.15, -0.1) is 0 Å². The molecule has 2 aromatic carbocycles. The second-order valence-corrected chi connectivity index (χ2v) is 5.18. The molecule has 0 fully saturated rings. The van der Waals surface area contributed by atoms with E-state index in [1.54, 1.807) is 25.5 Å². The van der Waals surface area contributed by atoms with Crippen LogP contribution in [0.1, 0.15) is 11.1 Å². The Morgan fingerprint density at radius 2 is 2.14 bits per heavy atom. The Morgan fingerprint density at radius 1 is 1.32 bits per heavy atom. The summed E-state index contributed by atoms with van der Waals surface area (Å²) in [6.45, 7) is 0.162. The van der Waals surface area contributed by atoms with Crippen molar-refractivity contribution in [1.29, 1.82) is 0 Å². The van der Waals surface area contributed by atoms with Gasteiger partial charge in [0.25, 0.3) is 5.69 Å². The number of nitro benzene ring substituents is 1. The lowest BCUT2D eigenvalue weighted by molar-refractivity contribution is -0.384. The molecular weight excluding hydrogens is 352 g/mol. The molecule has 114 valence electrons. The molecule has 0 radical (unpaired) electrons. The van der Waals surface area contributed by atoms with Gasteiger partial charge in [0.1, 0.15) is 12.4 Å². The molecule has 0 N–H and O–H groups in total. The molecule has 0 aromatic heterocycles. The fraction of sp³-hybridized carbons (Fsp3) is 0.133. The first kappa shape index (κ1) is 16.0. The first-order valence-electron chi connectivity index (χ1n) is 6.32. The van der Waals surface area contributed by atoms with Crippen LogP contribution < -0.4 is 4.74 Å². The summed E-state index contributed by atoms with van der Waals surface area (Å²) in [5, 5.41) is 14.5. The molecule has 0 bridgehead atoms. The monoisotopic (exact) mass is 364 g/mol. The van der Waals surface area contributed by atoms with Crippen LogP contribution in [0.5, 0.6) is 5.75 Å². The van der Waals surface area contributed by atoms with Crippen LogP contribution in [-0.2, 0) is 11.4 Å². The second-order valence-electron chi connectivity index (χ2n) is 4.33. The molecule has 0 aliphatic carbocycles. The normalized spacial score (nSPS) is 10.6. The maximum Gasteiger partial charge on any atom is 0.269 e. The zero-order chi connectivity index (χ0) is 15.9. The van der Waals surface area contributed by atoms with Gasteiger partial charge in [-0.05, 0) is 45.3 Å². The van der Waals surface area contributed by atoms with E-state index in [4.69, 9.17) is 9.57 Å². The van der Waals surface area contributed by atoms with Crippen LogP contribution >= 0.6 is 15.9 Å². The van der Waals surface area contributed by atoms with E-state index in [1.165, 1.54) is 12.1 Å². The largest absolute Gasteiger partial charge is 0.496 e. The highest BCUT2D eigenvalue weighted by Crippen LogP contribution is 2.24. The third-order valence-electron chi connectivity index (χ3n) is 2.80. The lowest BCUT2D eigenvalue weighted by Gasteiger charge is -2.03. The molecule has 0 aliphatic rings. The predicted octanol–water partition coefficient (Wildman–Crippen LogP) is 3.92. The standard InChI is InChI=1S/C15H13BrN2O4/c1-21-15-6-5-11(8-14(15)16)9-17-22-10-12-3-2-4-13(7-12)18(19)20/h2-9H,10H2,1H3/b17-9-. The maximum atomic E-state index is 10.7. The van der Waals surface area contributed by atoms with Crippen molar-refractivity contribution in [3.8, 4) is 5.75 Å². The predicted molar refractivity (Wildman–Crippen MR) is 86.2 cm³/mol. The molecule has 22 heavy (non-hydrogen) atoms. The van der Waals surface area contributed by atoms with Gasteiger partial charge in [0.05, 0.1) is 22.7 Å². The summed E-state index contributed by atoms with van der Waals surface area (Å²) in [4.78, 5) is 15.4. The fourth-order valence-electron chi connectivity index (χ4n) is 1.73. The summed E-state index contributed by atoms with van der Waals surface area (Å²) in [7, 11) is 1.59. The molecule has 2 aromatic rings. The van der Waals surface area contributed by atoms with Gasteiger partial charge in [0, 0.05) is 12.1 Å². The Bertz CT molecular complexity index is 704. The average molecular weight is 365 g/mol. The van der Waals surface area contributed by atoms with Gasteiger partial charge < -0.3 is 9.57 Å². The van der Waals surface area contributed by atoms with Gasteiger partial charge in [-0.3, -0.25) is 10.1 Å². The van der Waals surface area contributed by atoms with Gasteiger partial charge >= 0.3 is 0 Å². The van der Waals surface area contributed by atoms with Crippen LogP contribution in [0.25, 0.3) is 0 Å². The van der Waals surface area contributed by atoms with Crippen molar-refractivity contribution in [2.24, 2.45) is 5.16 Å². The molecule has 0 aliphatic heterocycles. The van der Waals surface area contributed by atoms with Crippen LogP contribution in [0, 0.1) is 10.1 Å². The molecule has 7 heteroatoms. The van der Waals surface area contributed by atoms with Crippen LogP contribution in [0.3, 0.4) is 0 Å². The van der Waals surface area contributed by atoms with E-state index in [0.29, 0.717) is 5.56 Å². The molecule has 0 unspecified atom stereocenters. The minimum atomic E-state index is -0.443. The number of oxime groups is 1. The molecule has 0 saturated carbocycles. The van der Waals surface area contributed by atoms with Crippen LogP contribution in [0.4, 0.5) is 5.69 Å². The molecule has 2 rings (SSSR count). The highest BCUT2D eigenvalue weighted by Gasteiger charge is 2.05. The Labute approximate surface area is 135 Å². The van der Waals surface area contributed by atoms with Crippen LogP contribution in [0.15, 0.2) is 52.1 Å². The number of ether oxygens (including phenoxy) is 1. The number of rotatable bonds is 6. The maximum absolute atomic E-state index is 10.7. The van der Waals surface area contributed by atoms with E-state index < -0.39 is 4.92 Å². The minimum absolute atomic E-state index is 0.0316. The minimum Gasteiger partial charge on any atom is -0.496 e. The van der Waals surface area contributed by atoms with Gasteiger partial charge in [0.15, 0.2) is 0 Å². The number of hydrogen-bond donors (Lipinski definition) is 0. The van der Waals surface area contributed by atoms with Crippen LogP contribution in [0.2, 0.25) is 0 Å². The zero-order valence-corrected chi connectivity index (χ0v) is 13.3. The molecule has 0 heterocycles. The highest BCUT2D eigenvalue weighted by molar-refractivity contribution is 9.10. The van der Waals surface area contributed by atoms with Crippen molar-refractivity contribution in [3.05, 3.63) is 68.2 Å². The first-order valence-corrected chi connectivity index (χ1v) is 7.11. The van der Waals surface area contributed by atoms with Crippen molar-refractivity contribution in [2.75, 3.05) is 7.11 Å². The van der Waals surface area contributed by atoms with E-state index in [-0.39, 0.29) is 12.3 Å². The Balaban J connectivity index is 1.94. The number of benzene rings is 2. The number of non-ortho nitro benzene ring substituents is 1. The van der Waals surface area contributed by atoms with Crippen molar-refractivity contribution < 1.29 is 14.5 Å². The van der Waals surface area contributed by atoms with E-state index in [1.807, 2.05) is 18.2 Å². The zero-order valence-electron chi connectivity index (χ0n) is 11.7. The van der Waals surface area contributed by atoms with Gasteiger partial charge in [-0.2, -0.15) is 0 Å². The average Bonchev–Trinajstić information content (AvgIpc) is 2.52. The Hall–Kier alpha value is -2.41. The SMILES string of the molecule is COc1ccc(/C=N\OCc2cccc([N+](=O)[O-])c2)cc1Br. The lowest BCUT2D eigenvalue weighted by atomic mass is 10.2.